The molecule has 0 spiro atoms. The Morgan fingerprint density at radius 3 is 2.53 bits per heavy atom. The van der Waals surface area contributed by atoms with Gasteiger partial charge in [0.25, 0.3) is 0 Å². The molecule has 4 atom stereocenters. The maximum Gasteiger partial charge on any atom is 0.397 e. The van der Waals surface area contributed by atoms with Crippen LogP contribution in [-0.2, 0) is 19.3 Å². The summed E-state index contributed by atoms with van der Waals surface area (Å²) in [6, 6.07) is 0. The maximum atomic E-state index is 10.3. The van der Waals surface area contributed by atoms with Gasteiger partial charge in [0.2, 0.25) is 0 Å². The van der Waals surface area contributed by atoms with E-state index >= 15 is 0 Å². The second-order valence-electron chi connectivity index (χ2n) is 3.54. The zero-order chi connectivity index (χ0) is 11.6. The van der Waals surface area contributed by atoms with E-state index in [2.05, 4.69) is 4.18 Å². The summed E-state index contributed by atoms with van der Waals surface area (Å²) in [5, 5.41) is 18.9. The first-order valence-electron chi connectivity index (χ1n) is 4.41. The highest BCUT2D eigenvalue weighted by Crippen LogP contribution is 2.20. The molecule has 0 amide bonds. The van der Waals surface area contributed by atoms with Crippen LogP contribution >= 0.6 is 0 Å². The van der Waals surface area contributed by atoms with E-state index in [-0.39, 0.29) is 12.5 Å². The molecule has 3 N–H and O–H groups in total. The van der Waals surface area contributed by atoms with Crippen LogP contribution in [0.1, 0.15) is 6.92 Å². The summed E-state index contributed by atoms with van der Waals surface area (Å²) in [5.74, 6) is -0.234. The molecule has 15 heavy (non-hydrogen) atoms. The molecule has 8 heteroatoms. The Bertz CT molecular complexity index is 300. The molecular weight excluding hydrogens is 228 g/mol. The lowest BCUT2D eigenvalue weighted by molar-refractivity contribution is -0.168. The van der Waals surface area contributed by atoms with E-state index < -0.39 is 35.3 Å². The highest BCUT2D eigenvalue weighted by Gasteiger charge is 2.36. The first-order chi connectivity index (χ1) is 6.81. The minimum absolute atomic E-state index is 0.192. The average molecular weight is 242 g/mol. The molecule has 1 fully saturated rings. The number of ether oxygens (including phenoxy) is 1. The van der Waals surface area contributed by atoms with Crippen molar-refractivity contribution in [3.8, 4) is 0 Å². The fraction of sp³-hybridized carbons (Fsp3) is 1.00. The predicted molar refractivity (Wildman–Crippen MR) is 48.4 cm³/mol. The molecule has 0 aromatic rings. The first-order valence-corrected chi connectivity index (χ1v) is 5.77. The summed E-state index contributed by atoms with van der Waals surface area (Å²) in [6.07, 6.45) is -3.18. The second-order valence-corrected chi connectivity index (χ2v) is 4.63. The third-order valence-corrected chi connectivity index (χ3v) is 2.70. The van der Waals surface area contributed by atoms with Crippen LogP contribution in [0.25, 0.3) is 0 Å². The third-order valence-electron chi connectivity index (χ3n) is 2.27. The monoisotopic (exact) mass is 242 g/mol. The Hall–Kier alpha value is -0.250. The van der Waals surface area contributed by atoms with Gasteiger partial charge < -0.3 is 14.9 Å². The average Bonchev–Trinajstić information content (AvgIpc) is 2.12. The number of aliphatic hydroxyl groups is 2. The minimum Gasteiger partial charge on any atom is -0.390 e. The summed E-state index contributed by atoms with van der Waals surface area (Å²) < 4.78 is 37.9. The highest BCUT2D eigenvalue weighted by atomic mass is 32.3. The van der Waals surface area contributed by atoms with Crippen LogP contribution < -0.4 is 0 Å². The molecule has 1 heterocycles. The Morgan fingerprint density at radius 1 is 1.40 bits per heavy atom. The zero-order valence-corrected chi connectivity index (χ0v) is 8.92. The highest BCUT2D eigenvalue weighted by molar-refractivity contribution is 7.80. The molecular formula is C7H14O7S. The third kappa shape index (κ3) is 3.67. The van der Waals surface area contributed by atoms with E-state index in [1.807, 2.05) is 0 Å². The number of rotatable bonds is 3. The molecule has 1 aliphatic heterocycles. The molecule has 90 valence electrons. The quantitative estimate of drug-likeness (QED) is 0.519. The van der Waals surface area contributed by atoms with E-state index in [0.717, 1.165) is 0 Å². The largest absolute Gasteiger partial charge is 0.397 e. The molecule has 1 saturated heterocycles. The van der Waals surface area contributed by atoms with Crippen LogP contribution in [0.3, 0.4) is 0 Å². The van der Waals surface area contributed by atoms with Crippen LogP contribution in [0.5, 0.6) is 0 Å². The molecule has 0 aromatic carbocycles. The molecule has 0 bridgehead atoms. The summed E-state index contributed by atoms with van der Waals surface area (Å²) >= 11 is 0. The standard InChI is InChI=1S/C7H14O7S/c1-4-2-13-5(7(9)6(4)8)3-14-15(10,11)12/h4-9H,2-3H2,1H3,(H,10,11,12). The second kappa shape index (κ2) is 4.73. The lowest BCUT2D eigenvalue weighted by atomic mass is 9.94. The lowest BCUT2D eigenvalue weighted by Gasteiger charge is -2.35. The Morgan fingerprint density at radius 2 is 2.00 bits per heavy atom. The van der Waals surface area contributed by atoms with Gasteiger partial charge in [-0.1, -0.05) is 6.92 Å². The molecule has 0 aromatic heterocycles. The fourth-order valence-corrected chi connectivity index (χ4v) is 1.63. The fourth-order valence-electron chi connectivity index (χ4n) is 1.33. The van der Waals surface area contributed by atoms with Gasteiger partial charge in [-0.2, -0.15) is 8.42 Å². The van der Waals surface area contributed by atoms with Crippen molar-refractivity contribution in [2.75, 3.05) is 13.2 Å². The van der Waals surface area contributed by atoms with Crippen molar-refractivity contribution in [3.63, 3.8) is 0 Å². The number of hydrogen-bond donors (Lipinski definition) is 3. The van der Waals surface area contributed by atoms with Crippen molar-refractivity contribution in [1.29, 1.82) is 0 Å². The smallest absolute Gasteiger partial charge is 0.390 e. The van der Waals surface area contributed by atoms with Gasteiger partial charge in [-0.3, -0.25) is 4.55 Å². The molecule has 0 aliphatic carbocycles. The van der Waals surface area contributed by atoms with Crippen molar-refractivity contribution >= 4 is 10.4 Å². The van der Waals surface area contributed by atoms with Crippen molar-refractivity contribution < 1.29 is 32.1 Å². The van der Waals surface area contributed by atoms with E-state index in [0.29, 0.717) is 0 Å². The Kier molecular flexibility index (Phi) is 4.04. The summed E-state index contributed by atoms with van der Waals surface area (Å²) in [6.45, 7) is 1.36. The molecule has 7 nitrogen and oxygen atoms in total. The van der Waals surface area contributed by atoms with Gasteiger partial charge in [0, 0.05) is 5.92 Å². The SMILES string of the molecule is CC1COC(COS(=O)(=O)O)C(O)C1O. The van der Waals surface area contributed by atoms with Gasteiger partial charge in [0.1, 0.15) is 12.2 Å². The lowest BCUT2D eigenvalue weighted by Crippen LogP contribution is -2.51. The molecule has 0 radical (unpaired) electrons. The van der Waals surface area contributed by atoms with E-state index in [4.69, 9.17) is 9.29 Å². The molecule has 0 saturated carbocycles. The normalized spacial score (nSPS) is 37.9. The van der Waals surface area contributed by atoms with Gasteiger partial charge in [0.15, 0.2) is 0 Å². The summed E-state index contributed by atoms with van der Waals surface area (Å²) in [7, 11) is -4.55. The van der Waals surface area contributed by atoms with Gasteiger partial charge in [-0.05, 0) is 0 Å². The van der Waals surface area contributed by atoms with Crippen LogP contribution in [0.15, 0.2) is 0 Å². The van der Waals surface area contributed by atoms with Gasteiger partial charge in [-0.25, -0.2) is 4.18 Å². The minimum atomic E-state index is -4.55. The van der Waals surface area contributed by atoms with Gasteiger partial charge in [-0.15, -0.1) is 0 Å². The van der Waals surface area contributed by atoms with Gasteiger partial charge in [0.05, 0.1) is 19.3 Å². The van der Waals surface area contributed by atoms with Crippen LogP contribution in [-0.4, -0.2) is 54.7 Å². The Labute approximate surface area is 87.6 Å². The maximum absolute atomic E-state index is 10.3. The van der Waals surface area contributed by atoms with Crippen LogP contribution in [0.4, 0.5) is 0 Å². The van der Waals surface area contributed by atoms with E-state index in [1.54, 1.807) is 6.92 Å². The van der Waals surface area contributed by atoms with Crippen LogP contribution in [0, 0.1) is 5.92 Å². The predicted octanol–water partition coefficient (Wildman–Crippen LogP) is -1.44. The summed E-state index contributed by atoms with van der Waals surface area (Å²) in [4.78, 5) is 0. The van der Waals surface area contributed by atoms with Crippen molar-refractivity contribution in [2.45, 2.75) is 25.2 Å². The molecule has 1 rings (SSSR count). The van der Waals surface area contributed by atoms with E-state index in [1.165, 1.54) is 0 Å². The van der Waals surface area contributed by atoms with Crippen molar-refractivity contribution in [3.05, 3.63) is 0 Å². The molecule has 4 unspecified atom stereocenters. The topological polar surface area (TPSA) is 113 Å². The Balaban J connectivity index is 2.50. The first kappa shape index (κ1) is 12.8. The van der Waals surface area contributed by atoms with Crippen LogP contribution in [0.2, 0.25) is 0 Å². The zero-order valence-electron chi connectivity index (χ0n) is 8.11. The number of hydrogen-bond acceptors (Lipinski definition) is 6. The summed E-state index contributed by atoms with van der Waals surface area (Å²) in [5.41, 5.74) is 0. The number of aliphatic hydroxyl groups excluding tert-OH is 2. The van der Waals surface area contributed by atoms with E-state index in [9.17, 15) is 18.6 Å². The van der Waals surface area contributed by atoms with Gasteiger partial charge >= 0.3 is 10.4 Å². The van der Waals surface area contributed by atoms with Crippen molar-refractivity contribution in [2.24, 2.45) is 5.92 Å². The van der Waals surface area contributed by atoms with Crippen molar-refractivity contribution in [1.82, 2.24) is 0 Å². The molecule has 1 aliphatic rings.